The van der Waals surface area contributed by atoms with E-state index in [1.54, 1.807) is 12.1 Å². The molecule has 7 heteroatoms. The van der Waals surface area contributed by atoms with E-state index < -0.39 is 0 Å². The van der Waals surface area contributed by atoms with Crippen LogP contribution in [0, 0.1) is 11.3 Å². The topological polar surface area (TPSA) is 104 Å². The highest BCUT2D eigenvalue weighted by Gasteiger charge is 2.29. The van der Waals surface area contributed by atoms with Crippen molar-refractivity contribution in [2.45, 2.75) is 31.2 Å². The first-order valence-electron chi connectivity index (χ1n) is 8.14. The number of nitriles is 1. The molecule has 2 N–H and O–H groups in total. The molecule has 1 saturated carbocycles. The second-order valence-electron chi connectivity index (χ2n) is 6.26. The second kappa shape index (κ2) is 6.06. The van der Waals surface area contributed by atoms with Crippen LogP contribution in [-0.4, -0.2) is 35.2 Å². The number of carbonyl (C=O) groups excluding carboxylic acids is 1. The Morgan fingerprint density at radius 1 is 1.33 bits per heavy atom. The first-order valence-corrected chi connectivity index (χ1v) is 8.14. The van der Waals surface area contributed by atoms with Crippen molar-refractivity contribution in [3.8, 4) is 17.5 Å². The SMILES string of the molecule is N#Cc1ccc(C2CC2)c(-c2nnc(C(=O)NC3CCNC3)o2)c1. The van der Waals surface area contributed by atoms with Gasteiger partial charge in [-0.1, -0.05) is 6.07 Å². The summed E-state index contributed by atoms with van der Waals surface area (Å²) in [6, 6.07) is 7.72. The Hall–Kier alpha value is -2.72. The van der Waals surface area contributed by atoms with Gasteiger partial charge in [0.15, 0.2) is 0 Å². The minimum absolute atomic E-state index is 0.0407. The van der Waals surface area contributed by atoms with Gasteiger partial charge >= 0.3 is 11.8 Å². The van der Waals surface area contributed by atoms with Gasteiger partial charge in [0.25, 0.3) is 0 Å². The van der Waals surface area contributed by atoms with Gasteiger partial charge in [-0.25, -0.2) is 0 Å². The van der Waals surface area contributed by atoms with Crippen molar-refractivity contribution in [1.82, 2.24) is 20.8 Å². The van der Waals surface area contributed by atoms with Gasteiger partial charge in [0.05, 0.1) is 11.6 Å². The summed E-state index contributed by atoms with van der Waals surface area (Å²) in [6.45, 7) is 1.65. The molecule has 2 aliphatic rings. The zero-order valence-electron chi connectivity index (χ0n) is 13.1. The number of amides is 1. The summed E-state index contributed by atoms with van der Waals surface area (Å²) in [6.07, 6.45) is 3.13. The Balaban J connectivity index is 1.60. The summed E-state index contributed by atoms with van der Waals surface area (Å²) in [7, 11) is 0. The quantitative estimate of drug-likeness (QED) is 0.885. The Bertz CT molecular complexity index is 813. The highest BCUT2D eigenvalue weighted by atomic mass is 16.4. The fraction of sp³-hybridized carbons (Fsp3) is 0.412. The predicted molar refractivity (Wildman–Crippen MR) is 85.2 cm³/mol. The van der Waals surface area contributed by atoms with Crippen LogP contribution in [0.4, 0.5) is 0 Å². The molecule has 1 aliphatic heterocycles. The van der Waals surface area contributed by atoms with Crippen LogP contribution in [0.1, 0.15) is 47.0 Å². The molecule has 1 atom stereocenters. The molecule has 1 saturated heterocycles. The molecular weight excluding hydrogens is 306 g/mol. The normalized spacial score (nSPS) is 19.9. The molecule has 7 nitrogen and oxygen atoms in total. The van der Waals surface area contributed by atoms with E-state index >= 15 is 0 Å². The van der Waals surface area contributed by atoms with E-state index in [2.05, 4.69) is 26.9 Å². The van der Waals surface area contributed by atoms with Crippen molar-refractivity contribution in [2.24, 2.45) is 0 Å². The predicted octanol–water partition coefficient (Wildman–Crippen LogP) is 1.58. The van der Waals surface area contributed by atoms with Gasteiger partial charge in [0.2, 0.25) is 5.89 Å². The molecule has 2 heterocycles. The van der Waals surface area contributed by atoms with Crippen molar-refractivity contribution in [3.63, 3.8) is 0 Å². The second-order valence-corrected chi connectivity index (χ2v) is 6.26. The van der Waals surface area contributed by atoms with Gasteiger partial charge in [0, 0.05) is 18.2 Å². The highest BCUT2D eigenvalue weighted by Crippen LogP contribution is 2.44. The van der Waals surface area contributed by atoms with E-state index in [0.717, 1.165) is 43.5 Å². The Morgan fingerprint density at radius 2 is 2.21 bits per heavy atom. The average Bonchev–Trinajstić information content (AvgIpc) is 3.10. The molecule has 24 heavy (non-hydrogen) atoms. The number of nitrogens with zero attached hydrogens (tertiary/aromatic N) is 3. The maximum Gasteiger partial charge on any atom is 0.309 e. The zero-order valence-corrected chi connectivity index (χ0v) is 13.1. The Morgan fingerprint density at radius 3 is 2.92 bits per heavy atom. The smallest absolute Gasteiger partial charge is 0.309 e. The van der Waals surface area contributed by atoms with Crippen molar-refractivity contribution in [3.05, 3.63) is 35.2 Å². The highest BCUT2D eigenvalue weighted by molar-refractivity contribution is 5.90. The number of carbonyl (C=O) groups is 1. The van der Waals surface area contributed by atoms with Gasteiger partial charge in [-0.2, -0.15) is 5.26 Å². The minimum Gasteiger partial charge on any atom is -0.412 e. The molecule has 1 aliphatic carbocycles. The van der Waals surface area contributed by atoms with E-state index in [-0.39, 0.29) is 17.8 Å². The monoisotopic (exact) mass is 323 g/mol. The lowest BCUT2D eigenvalue weighted by atomic mass is 10.0. The summed E-state index contributed by atoms with van der Waals surface area (Å²) in [4.78, 5) is 12.2. The number of benzene rings is 1. The summed E-state index contributed by atoms with van der Waals surface area (Å²) in [5.74, 6) is 0.373. The van der Waals surface area contributed by atoms with E-state index in [4.69, 9.17) is 9.68 Å². The fourth-order valence-electron chi connectivity index (χ4n) is 3.01. The molecule has 1 aromatic carbocycles. The van der Waals surface area contributed by atoms with E-state index in [9.17, 15) is 4.79 Å². The number of hydrogen-bond donors (Lipinski definition) is 2. The third-order valence-electron chi connectivity index (χ3n) is 4.44. The van der Waals surface area contributed by atoms with Gasteiger partial charge in [0.1, 0.15) is 0 Å². The number of aromatic nitrogens is 2. The van der Waals surface area contributed by atoms with Gasteiger partial charge in [-0.3, -0.25) is 4.79 Å². The Labute approximate surface area is 139 Å². The lowest BCUT2D eigenvalue weighted by Gasteiger charge is -2.08. The molecule has 122 valence electrons. The van der Waals surface area contributed by atoms with Gasteiger partial charge in [-0.05, 0) is 49.4 Å². The molecule has 1 unspecified atom stereocenters. The summed E-state index contributed by atoms with van der Waals surface area (Å²) >= 11 is 0. The fourth-order valence-corrected chi connectivity index (χ4v) is 3.01. The maximum absolute atomic E-state index is 12.2. The average molecular weight is 323 g/mol. The summed E-state index contributed by atoms with van der Waals surface area (Å²) in [5.41, 5.74) is 2.39. The van der Waals surface area contributed by atoms with Crippen molar-refractivity contribution < 1.29 is 9.21 Å². The lowest BCUT2D eigenvalue weighted by molar-refractivity contribution is 0.0905. The summed E-state index contributed by atoms with van der Waals surface area (Å²) < 4.78 is 5.60. The van der Waals surface area contributed by atoms with Crippen LogP contribution in [-0.2, 0) is 0 Å². The van der Waals surface area contributed by atoms with Crippen LogP contribution >= 0.6 is 0 Å². The lowest BCUT2D eigenvalue weighted by Crippen LogP contribution is -2.36. The largest absolute Gasteiger partial charge is 0.412 e. The van der Waals surface area contributed by atoms with Crippen molar-refractivity contribution in [2.75, 3.05) is 13.1 Å². The van der Waals surface area contributed by atoms with Crippen molar-refractivity contribution >= 4 is 5.91 Å². The number of rotatable bonds is 4. The molecule has 1 aromatic heterocycles. The molecule has 2 aromatic rings. The molecule has 0 bridgehead atoms. The first-order chi connectivity index (χ1) is 11.7. The number of nitrogens with one attached hydrogen (secondary N) is 2. The van der Waals surface area contributed by atoms with Gasteiger partial charge in [-0.15, -0.1) is 10.2 Å². The van der Waals surface area contributed by atoms with Gasteiger partial charge < -0.3 is 15.1 Å². The maximum atomic E-state index is 12.2. The van der Waals surface area contributed by atoms with Crippen LogP contribution in [0.2, 0.25) is 0 Å². The molecular formula is C17H17N5O2. The zero-order chi connectivity index (χ0) is 16.5. The van der Waals surface area contributed by atoms with E-state index in [1.165, 1.54) is 0 Å². The van der Waals surface area contributed by atoms with Crippen LogP contribution < -0.4 is 10.6 Å². The Kier molecular flexibility index (Phi) is 3.75. The van der Waals surface area contributed by atoms with Crippen LogP contribution in [0.5, 0.6) is 0 Å². The van der Waals surface area contributed by atoms with E-state index in [0.29, 0.717) is 17.4 Å². The molecule has 1 amide bonds. The van der Waals surface area contributed by atoms with Crippen LogP contribution in [0.25, 0.3) is 11.5 Å². The van der Waals surface area contributed by atoms with Crippen LogP contribution in [0.15, 0.2) is 22.6 Å². The van der Waals surface area contributed by atoms with Crippen molar-refractivity contribution in [1.29, 1.82) is 5.26 Å². The van der Waals surface area contributed by atoms with E-state index in [1.807, 2.05) is 6.07 Å². The minimum atomic E-state index is -0.355. The molecule has 2 fully saturated rings. The molecule has 0 radical (unpaired) electrons. The third kappa shape index (κ3) is 2.88. The first kappa shape index (κ1) is 14.8. The molecule has 4 rings (SSSR count). The third-order valence-corrected chi connectivity index (χ3v) is 4.44. The summed E-state index contributed by atoms with van der Waals surface area (Å²) in [5, 5.41) is 23.1. The van der Waals surface area contributed by atoms with Crippen LogP contribution in [0.3, 0.4) is 0 Å². The number of hydrogen-bond acceptors (Lipinski definition) is 6. The standard InChI is InChI=1S/C17H17N5O2/c18-8-10-1-4-13(11-2-3-11)14(7-10)16-21-22-17(24-16)15(23)20-12-5-6-19-9-12/h1,4,7,11-12,19H,2-3,5-6,9H2,(H,20,23). The molecule has 0 spiro atoms.